The second kappa shape index (κ2) is 12.8. The molecule has 12 nitrogen and oxygen atoms in total. The molecule has 3 rings (SSSR count). The molecule has 1 unspecified atom stereocenters. The number of hydrogen-bond donors (Lipinski definition) is 3. The van der Waals surface area contributed by atoms with Gasteiger partial charge in [0, 0.05) is 6.20 Å². The van der Waals surface area contributed by atoms with Crippen molar-refractivity contribution in [3.05, 3.63) is 99.7 Å². The third kappa shape index (κ3) is 7.50. The predicted octanol–water partition coefficient (Wildman–Crippen LogP) is 2.43. The number of ether oxygens (including phenoxy) is 1. The Morgan fingerprint density at radius 3 is 1.92 bits per heavy atom. The van der Waals surface area contributed by atoms with Crippen LogP contribution in [0.15, 0.2) is 71.7 Å². The Balaban J connectivity index is 1.67. The zero-order valence-electron chi connectivity index (χ0n) is 20.8. The molecule has 1 atom stereocenters. The van der Waals surface area contributed by atoms with Gasteiger partial charge >= 0.3 is 12.1 Å². The van der Waals surface area contributed by atoms with Gasteiger partial charge < -0.3 is 20.4 Å². The zero-order chi connectivity index (χ0) is 27.7. The van der Waals surface area contributed by atoms with Crippen LogP contribution in [0, 0.1) is 0 Å². The first kappa shape index (κ1) is 27.6. The molecule has 3 aromatic rings. The number of H-pyrrole nitrogens is 1. The number of nitrogens with one attached hydrogen (secondary N) is 3. The van der Waals surface area contributed by atoms with Crippen LogP contribution in [0.1, 0.15) is 58.9 Å². The van der Waals surface area contributed by atoms with Gasteiger partial charge in [0.15, 0.2) is 5.82 Å². The molecule has 38 heavy (non-hydrogen) atoms. The molecule has 0 aliphatic carbocycles. The zero-order valence-corrected chi connectivity index (χ0v) is 20.8. The number of carbonyl (C=O) groups excluding carboxylic acids is 4. The Morgan fingerprint density at radius 1 is 0.816 bits per heavy atom. The van der Waals surface area contributed by atoms with E-state index in [-0.39, 0.29) is 5.56 Å². The van der Waals surface area contributed by atoms with E-state index >= 15 is 0 Å². The van der Waals surface area contributed by atoms with E-state index < -0.39 is 53.5 Å². The van der Waals surface area contributed by atoms with E-state index in [0.717, 1.165) is 17.3 Å². The number of aromatic amines is 1. The minimum absolute atomic E-state index is 0.317. The highest BCUT2D eigenvalue weighted by atomic mass is 17.2. The molecule has 12 heteroatoms. The number of aromatic nitrogens is 2. The standard InChI is InChI=1S/C26H26N4O8/c1-15(2)36-26(35)38-37-25(34)16(3)28-24(33)21-27-14-19(23(32)30-21)22(31)29-20(17-10-6-4-7-11-17)18-12-8-5-9-13-18/h4-16,20H,1-3H3,(H,28,33)(H,29,31)(H,27,30,32). The van der Waals surface area contributed by atoms with Gasteiger partial charge in [0.1, 0.15) is 11.6 Å². The lowest BCUT2D eigenvalue weighted by atomic mass is 9.98. The summed E-state index contributed by atoms with van der Waals surface area (Å²) in [6.07, 6.45) is -0.758. The van der Waals surface area contributed by atoms with Crippen LogP contribution >= 0.6 is 0 Å². The first-order valence-electron chi connectivity index (χ1n) is 11.6. The third-order valence-corrected chi connectivity index (χ3v) is 5.03. The van der Waals surface area contributed by atoms with E-state index in [1.165, 1.54) is 6.92 Å². The van der Waals surface area contributed by atoms with Gasteiger partial charge in [-0.15, -0.1) is 0 Å². The van der Waals surface area contributed by atoms with Crippen molar-refractivity contribution in [3.63, 3.8) is 0 Å². The highest BCUT2D eigenvalue weighted by molar-refractivity contribution is 5.96. The summed E-state index contributed by atoms with van der Waals surface area (Å²) >= 11 is 0. The van der Waals surface area contributed by atoms with Gasteiger partial charge in [-0.3, -0.25) is 14.4 Å². The van der Waals surface area contributed by atoms with Crippen molar-refractivity contribution >= 4 is 23.9 Å². The molecule has 2 amide bonds. The Bertz CT molecular complexity index is 1300. The Labute approximate surface area is 217 Å². The van der Waals surface area contributed by atoms with Crippen molar-refractivity contribution in [2.45, 2.75) is 39.0 Å². The lowest BCUT2D eigenvalue weighted by Crippen LogP contribution is -2.41. The van der Waals surface area contributed by atoms with Crippen LogP contribution in [0.3, 0.4) is 0 Å². The summed E-state index contributed by atoms with van der Waals surface area (Å²) in [7, 11) is 0. The molecule has 2 aromatic carbocycles. The van der Waals surface area contributed by atoms with Crippen molar-refractivity contribution in [2.24, 2.45) is 0 Å². The minimum atomic E-state index is -1.28. The van der Waals surface area contributed by atoms with Crippen LogP contribution in [-0.4, -0.2) is 46.1 Å². The van der Waals surface area contributed by atoms with E-state index in [1.54, 1.807) is 13.8 Å². The normalized spacial score (nSPS) is 11.4. The highest BCUT2D eigenvalue weighted by Gasteiger charge is 2.24. The smallest absolute Gasteiger partial charge is 0.429 e. The van der Waals surface area contributed by atoms with Gasteiger partial charge in [-0.2, -0.15) is 4.79 Å². The topological polar surface area (TPSA) is 166 Å². The maximum Gasteiger partial charge on any atom is 0.550 e. The van der Waals surface area contributed by atoms with E-state index in [4.69, 9.17) is 0 Å². The minimum Gasteiger partial charge on any atom is -0.429 e. The Hall–Kier alpha value is -5.00. The summed E-state index contributed by atoms with van der Waals surface area (Å²) in [5.74, 6) is -3.19. The van der Waals surface area contributed by atoms with Crippen LogP contribution in [0.4, 0.5) is 4.79 Å². The number of rotatable bonds is 8. The molecule has 0 radical (unpaired) electrons. The SMILES string of the molecule is CC(C)OC(=O)OOC(=O)C(C)NC(=O)c1ncc(C(=O)NC(c2ccccc2)c2ccccc2)c(=O)[nH]1. The van der Waals surface area contributed by atoms with Crippen LogP contribution in [0.2, 0.25) is 0 Å². The summed E-state index contributed by atoms with van der Waals surface area (Å²) < 4.78 is 4.64. The first-order chi connectivity index (χ1) is 18.2. The maximum atomic E-state index is 13.0. The Kier molecular flexibility index (Phi) is 9.30. The molecule has 0 bridgehead atoms. The van der Waals surface area contributed by atoms with E-state index in [0.29, 0.717) is 0 Å². The number of nitrogens with zero attached hydrogens (tertiary/aromatic N) is 1. The largest absolute Gasteiger partial charge is 0.550 e. The number of amides is 2. The van der Waals surface area contributed by atoms with Gasteiger partial charge in [0.05, 0.1) is 12.1 Å². The first-order valence-corrected chi connectivity index (χ1v) is 11.6. The summed E-state index contributed by atoms with van der Waals surface area (Å²) in [6.45, 7) is 4.39. The fraction of sp³-hybridized carbons (Fsp3) is 0.231. The molecule has 0 saturated heterocycles. The monoisotopic (exact) mass is 522 g/mol. The van der Waals surface area contributed by atoms with Gasteiger partial charge in [0.25, 0.3) is 17.4 Å². The van der Waals surface area contributed by atoms with Crippen molar-refractivity contribution in [1.82, 2.24) is 20.6 Å². The summed E-state index contributed by atoms with van der Waals surface area (Å²) in [5.41, 5.74) is 0.421. The second-order valence-electron chi connectivity index (χ2n) is 8.30. The molecule has 1 aromatic heterocycles. The molecule has 0 fully saturated rings. The predicted molar refractivity (Wildman–Crippen MR) is 133 cm³/mol. The molecule has 1 heterocycles. The molecule has 198 valence electrons. The van der Waals surface area contributed by atoms with Crippen molar-refractivity contribution < 1.29 is 33.7 Å². The third-order valence-electron chi connectivity index (χ3n) is 5.03. The average molecular weight is 523 g/mol. The van der Waals surface area contributed by atoms with E-state index in [1.807, 2.05) is 60.7 Å². The summed E-state index contributed by atoms with van der Waals surface area (Å²) in [5, 5.41) is 5.06. The summed E-state index contributed by atoms with van der Waals surface area (Å²) in [6, 6.07) is 16.6. The van der Waals surface area contributed by atoms with Gasteiger partial charge in [-0.05, 0) is 31.9 Å². The van der Waals surface area contributed by atoms with Gasteiger partial charge in [0.2, 0.25) is 0 Å². The molecular formula is C26H26N4O8. The fourth-order valence-electron chi connectivity index (χ4n) is 3.21. The van der Waals surface area contributed by atoms with Crippen LogP contribution in [0.5, 0.6) is 0 Å². The molecule has 0 saturated carbocycles. The van der Waals surface area contributed by atoms with E-state index in [9.17, 15) is 24.0 Å². The second-order valence-corrected chi connectivity index (χ2v) is 8.30. The van der Waals surface area contributed by atoms with Crippen molar-refractivity contribution in [2.75, 3.05) is 0 Å². The molecule has 0 aliphatic rings. The van der Waals surface area contributed by atoms with Crippen LogP contribution in [0.25, 0.3) is 0 Å². The van der Waals surface area contributed by atoms with Gasteiger partial charge in [-0.25, -0.2) is 19.6 Å². The van der Waals surface area contributed by atoms with Crippen molar-refractivity contribution in [1.29, 1.82) is 0 Å². The van der Waals surface area contributed by atoms with Crippen molar-refractivity contribution in [3.8, 4) is 0 Å². The summed E-state index contributed by atoms with van der Waals surface area (Å²) in [4.78, 5) is 75.9. The average Bonchev–Trinajstić information content (AvgIpc) is 2.90. The lowest BCUT2D eigenvalue weighted by molar-refractivity contribution is -0.246. The van der Waals surface area contributed by atoms with Crippen LogP contribution in [-0.2, 0) is 19.3 Å². The lowest BCUT2D eigenvalue weighted by Gasteiger charge is -2.19. The quantitative estimate of drug-likeness (QED) is 0.229. The molecular weight excluding hydrogens is 496 g/mol. The van der Waals surface area contributed by atoms with E-state index in [2.05, 4.69) is 35.1 Å². The Morgan fingerprint density at radius 2 is 1.39 bits per heavy atom. The van der Waals surface area contributed by atoms with Crippen LogP contribution < -0.4 is 16.2 Å². The fourth-order valence-corrected chi connectivity index (χ4v) is 3.21. The number of hydrogen-bond acceptors (Lipinski definition) is 9. The molecule has 0 aliphatic heterocycles. The molecule has 0 spiro atoms. The molecule has 3 N–H and O–H groups in total. The van der Waals surface area contributed by atoms with Gasteiger partial charge in [-0.1, -0.05) is 60.7 Å². The number of carbonyl (C=O) groups is 4. The highest BCUT2D eigenvalue weighted by Crippen LogP contribution is 2.22. The maximum absolute atomic E-state index is 13.0. The number of benzene rings is 2.